The maximum atomic E-state index is 11.7. The molecular weight excluding hydrogens is 280 g/mol. The number of halogens is 1. The number of carbonyl (C=O) groups is 1. The molecule has 0 amide bonds. The molecular formula is C15H15ClO4. The van der Waals surface area contributed by atoms with Crippen LogP contribution in [0.15, 0.2) is 36.1 Å². The summed E-state index contributed by atoms with van der Waals surface area (Å²) >= 11 is 5.92. The second-order valence-corrected chi connectivity index (χ2v) is 5.35. The minimum absolute atomic E-state index is 0.0719. The molecule has 2 aliphatic heterocycles. The second-order valence-electron chi connectivity index (χ2n) is 4.91. The van der Waals surface area contributed by atoms with Crippen LogP contribution in [0.2, 0.25) is 5.02 Å². The number of fused-ring (bicyclic) bond motifs is 1. The first-order valence-electron chi connectivity index (χ1n) is 6.53. The van der Waals surface area contributed by atoms with Gasteiger partial charge >= 0.3 is 5.97 Å². The third-order valence-corrected chi connectivity index (χ3v) is 4.01. The molecule has 2 heterocycles. The predicted molar refractivity (Wildman–Crippen MR) is 73.2 cm³/mol. The highest BCUT2D eigenvalue weighted by molar-refractivity contribution is 6.30. The van der Waals surface area contributed by atoms with E-state index in [0.717, 1.165) is 12.0 Å². The summed E-state index contributed by atoms with van der Waals surface area (Å²) in [6, 6.07) is 7.64. The molecule has 20 heavy (non-hydrogen) atoms. The van der Waals surface area contributed by atoms with Crippen molar-refractivity contribution in [3.8, 4) is 0 Å². The average molecular weight is 295 g/mol. The van der Waals surface area contributed by atoms with Crippen LogP contribution in [0.5, 0.6) is 0 Å². The lowest BCUT2D eigenvalue weighted by Crippen LogP contribution is -2.31. The fourth-order valence-corrected chi connectivity index (χ4v) is 2.87. The minimum atomic E-state index is -0.474. The number of rotatable bonds is 2. The van der Waals surface area contributed by atoms with E-state index in [4.69, 9.17) is 25.8 Å². The summed E-state index contributed by atoms with van der Waals surface area (Å²) in [5, 5.41) is 0.692. The molecule has 0 radical (unpaired) electrons. The molecule has 3 atom stereocenters. The summed E-state index contributed by atoms with van der Waals surface area (Å²) in [6.45, 7) is 0.641. The standard InChI is InChI=1S/C15H15ClO4/c1-18-14(17)13-8-12(9-2-4-10(16)5-3-9)11-6-7-19-15(11)20-13/h2-5,8,11-12,15H,6-7H2,1H3/t11-,12+,15+/m0/s1. The van der Waals surface area contributed by atoms with Gasteiger partial charge in [-0.3, -0.25) is 0 Å². The first-order chi connectivity index (χ1) is 9.69. The molecule has 0 N–H and O–H groups in total. The predicted octanol–water partition coefficient (Wildman–Crippen LogP) is 2.87. The highest BCUT2D eigenvalue weighted by Gasteiger charge is 2.41. The van der Waals surface area contributed by atoms with Gasteiger partial charge in [0.25, 0.3) is 0 Å². The number of carbonyl (C=O) groups excluding carboxylic acids is 1. The SMILES string of the molecule is COC(=O)C1=C[C@H](c2ccc(Cl)cc2)[C@@H]2CCO[C@@H]2O1. The molecule has 2 aliphatic rings. The van der Waals surface area contributed by atoms with Gasteiger partial charge in [-0.15, -0.1) is 0 Å². The molecule has 4 nitrogen and oxygen atoms in total. The molecule has 3 rings (SSSR count). The molecule has 0 aliphatic carbocycles. The van der Waals surface area contributed by atoms with E-state index in [9.17, 15) is 4.79 Å². The van der Waals surface area contributed by atoms with Crippen LogP contribution in [0.3, 0.4) is 0 Å². The number of esters is 1. The number of ether oxygens (including phenoxy) is 3. The second kappa shape index (κ2) is 5.46. The van der Waals surface area contributed by atoms with E-state index in [-0.39, 0.29) is 23.9 Å². The fraction of sp³-hybridized carbons (Fsp3) is 0.400. The zero-order chi connectivity index (χ0) is 14.1. The maximum absolute atomic E-state index is 11.7. The van der Waals surface area contributed by atoms with Gasteiger partial charge < -0.3 is 14.2 Å². The highest BCUT2D eigenvalue weighted by Crippen LogP contribution is 2.41. The van der Waals surface area contributed by atoms with Gasteiger partial charge in [-0.1, -0.05) is 23.7 Å². The van der Waals surface area contributed by atoms with Crippen molar-refractivity contribution in [2.75, 3.05) is 13.7 Å². The lowest BCUT2D eigenvalue weighted by Gasteiger charge is -2.31. The summed E-state index contributed by atoms with van der Waals surface area (Å²) in [6.07, 6.45) is 2.35. The first kappa shape index (κ1) is 13.5. The fourth-order valence-electron chi connectivity index (χ4n) is 2.75. The van der Waals surface area contributed by atoms with Crippen molar-refractivity contribution in [2.24, 2.45) is 5.92 Å². The summed E-state index contributed by atoms with van der Waals surface area (Å²) < 4.78 is 15.9. The van der Waals surface area contributed by atoms with Gasteiger partial charge in [-0.05, 0) is 30.2 Å². The maximum Gasteiger partial charge on any atom is 0.373 e. The quantitative estimate of drug-likeness (QED) is 0.787. The number of hydrogen-bond donors (Lipinski definition) is 0. The van der Waals surface area contributed by atoms with Crippen LogP contribution in [0.25, 0.3) is 0 Å². The van der Waals surface area contributed by atoms with E-state index in [2.05, 4.69) is 0 Å². The third-order valence-electron chi connectivity index (χ3n) is 3.76. The van der Waals surface area contributed by atoms with Crippen LogP contribution in [0.4, 0.5) is 0 Å². The number of methoxy groups -OCH3 is 1. The van der Waals surface area contributed by atoms with Gasteiger partial charge in [0.2, 0.25) is 12.0 Å². The molecule has 0 unspecified atom stereocenters. The van der Waals surface area contributed by atoms with Crippen LogP contribution in [-0.2, 0) is 19.0 Å². The zero-order valence-corrected chi connectivity index (χ0v) is 11.8. The van der Waals surface area contributed by atoms with Gasteiger partial charge in [0.15, 0.2) is 0 Å². The van der Waals surface area contributed by atoms with Gasteiger partial charge in [-0.25, -0.2) is 4.79 Å². The van der Waals surface area contributed by atoms with Crippen molar-refractivity contribution in [3.63, 3.8) is 0 Å². The topological polar surface area (TPSA) is 44.8 Å². The van der Waals surface area contributed by atoms with Gasteiger partial charge in [0, 0.05) is 16.9 Å². The van der Waals surface area contributed by atoms with Gasteiger partial charge in [-0.2, -0.15) is 0 Å². The Morgan fingerprint density at radius 3 is 2.80 bits per heavy atom. The van der Waals surface area contributed by atoms with Crippen LogP contribution in [0, 0.1) is 5.92 Å². The van der Waals surface area contributed by atoms with Crippen molar-refractivity contribution in [2.45, 2.75) is 18.6 Å². The van der Waals surface area contributed by atoms with E-state index in [0.29, 0.717) is 11.6 Å². The van der Waals surface area contributed by atoms with Crippen molar-refractivity contribution in [1.29, 1.82) is 0 Å². The molecule has 1 aromatic carbocycles. The van der Waals surface area contributed by atoms with Crippen molar-refractivity contribution in [3.05, 3.63) is 46.7 Å². The number of benzene rings is 1. The molecule has 106 valence electrons. The van der Waals surface area contributed by atoms with Gasteiger partial charge in [0.05, 0.1) is 13.7 Å². The molecule has 0 saturated carbocycles. The van der Waals surface area contributed by atoms with E-state index >= 15 is 0 Å². The van der Waals surface area contributed by atoms with E-state index in [1.807, 2.05) is 30.3 Å². The Morgan fingerprint density at radius 1 is 1.35 bits per heavy atom. The average Bonchev–Trinajstić information content (AvgIpc) is 2.94. The summed E-state index contributed by atoms with van der Waals surface area (Å²) in [5.41, 5.74) is 1.10. The molecule has 1 fully saturated rings. The Labute approximate surface area is 122 Å². The first-order valence-corrected chi connectivity index (χ1v) is 6.90. The largest absolute Gasteiger partial charge is 0.463 e. The van der Waals surface area contributed by atoms with Crippen LogP contribution >= 0.6 is 11.6 Å². The Bertz CT molecular complexity index is 537. The summed E-state index contributed by atoms with van der Waals surface area (Å²) in [5.74, 6) is 0.0284. The molecule has 0 aromatic heterocycles. The summed E-state index contributed by atoms with van der Waals surface area (Å²) in [4.78, 5) is 11.7. The Balaban J connectivity index is 1.96. The molecule has 5 heteroatoms. The minimum Gasteiger partial charge on any atom is -0.463 e. The molecule has 1 aromatic rings. The van der Waals surface area contributed by atoms with Crippen molar-refractivity contribution in [1.82, 2.24) is 0 Å². The normalized spacial score (nSPS) is 28.3. The summed E-state index contributed by atoms with van der Waals surface area (Å²) in [7, 11) is 1.34. The van der Waals surface area contributed by atoms with Crippen LogP contribution in [0.1, 0.15) is 17.9 Å². The lowest BCUT2D eigenvalue weighted by molar-refractivity contribution is -0.155. The Kier molecular flexibility index (Phi) is 3.68. The van der Waals surface area contributed by atoms with Crippen molar-refractivity contribution < 1.29 is 19.0 Å². The van der Waals surface area contributed by atoms with E-state index < -0.39 is 5.97 Å². The zero-order valence-electron chi connectivity index (χ0n) is 11.0. The molecule has 0 spiro atoms. The molecule has 0 bridgehead atoms. The Morgan fingerprint density at radius 2 is 2.10 bits per heavy atom. The van der Waals surface area contributed by atoms with Gasteiger partial charge in [0.1, 0.15) is 0 Å². The highest BCUT2D eigenvalue weighted by atomic mass is 35.5. The third kappa shape index (κ3) is 2.41. The monoisotopic (exact) mass is 294 g/mol. The lowest BCUT2D eigenvalue weighted by atomic mass is 9.82. The van der Waals surface area contributed by atoms with E-state index in [1.54, 1.807) is 0 Å². The van der Waals surface area contributed by atoms with Crippen LogP contribution < -0.4 is 0 Å². The number of hydrogen-bond acceptors (Lipinski definition) is 4. The van der Waals surface area contributed by atoms with Crippen LogP contribution in [-0.4, -0.2) is 26.0 Å². The Hall–Kier alpha value is -1.52. The number of allylic oxidation sites excluding steroid dienone is 1. The van der Waals surface area contributed by atoms with E-state index in [1.165, 1.54) is 7.11 Å². The molecule has 1 saturated heterocycles. The van der Waals surface area contributed by atoms with Crippen molar-refractivity contribution >= 4 is 17.6 Å². The smallest absolute Gasteiger partial charge is 0.373 e.